The van der Waals surface area contributed by atoms with E-state index in [-0.39, 0.29) is 18.1 Å². The number of aliphatic imine (C=N–C) groups is 2. The molecule has 0 saturated heterocycles. The first-order valence-electron chi connectivity index (χ1n) is 9.40. The summed E-state index contributed by atoms with van der Waals surface area (Å²) in [7, 11) is 0. The molecule has 0 spiro atoms. The third kappa shape index (κ3) is 5.25. The molecule has 1 aromatic carbocycles. The molecule has 3 rings (SSSR count). The van der Waals surface area contributed by atoms with Crippen LogP contribution >= 0.6 is 0 Å². The lowest BCUT2D eigenvalue weighted by atomic mass is 10.1. The monoisotopic (exact) mass is 450 g/mol. The Morgan fingerprint density at radius 1 is 1.47 bits per heavy atom. The van der Waals surface area contributed by atoms with Crippen LogP contribution in [0, 0.1) is 0 Å². The van der Waals surface area contributed by atoms with Crippen molar-refractivity contribution < 1.29 is 27.4 Å². The molecule has 12 heteroatoms. The van der Waals surface area contributed by atoms with Gasteiger partial charge in [-0.3, -0.25) is 9.79 Å². The van der Waals surface area contributed by atoms with Gasteiger partial charge in [-0.15, -0.1) is 0 Å². The number of carbonyl (C=O) groups is 1. The summed E-state index contributed by atoms with van der Waals surface area (Å²) in [5.74, 6) is 0.269. The first-order valence-corrected chi connectivity index (χ1v) is 9.40. The predicted molar refractivity (Wildman–Crippen MR) is 112 cm³/mol. The highest BCUT2D eigenvalue weighted by atomic mass is 19.4. The largest absolute Gasteiger partial charge is 0.491 e. The molecule has 2 heterocycles. The number of ether oxygens (including phenoxy) is 2. The predicted octanol–water partition coefficient (Wildman–Crippen LogP) is 2.05. The topological polar surface area (TPSA) is 130 Å². The summed E-state index contributed by atoms with van der Waals surface area (Å²) in [5.41, 5.74) is 11.8. The molecule has 0 saturated carbocycles. The van der Waals surface area contributed by atoms with Crippen LogP contribution in [0.15, 0.2) is 46.5 Å². The zero-order chi connectivity index (χ0) is 23.5. The number of imidazole rings is 1. The van der Waals surface area contributed by atoms with E-state index in [0.717, 1.165) is 6.34 Å². The minimum atomic E-state index is -4.49. The number of benzene rings is 1. The average Bonchev–Trinajstić information content (AvgIpc) is 3.04. The van der Waals surface area contributed by atoms with E-state index < -0.39 is 24.7 Å². The third-order valence-corrected chi connectivity index (χ3v) is 4.35. The Bertz CT molecular complexity index is 1080. The zero-order valence-corrected chi connectivity index (χ0v) is 17.1. The fraction of sp³-hybridized carbons (Fsp3) is 0.300. The van der Waals surface area contributed by atoms with Gasteiger partial charge in [0.15, 0.2) is 11.9 Å². The Kier molecular flexibility index (Phi) is 6.51. The number of amidine groups is 1. The van der Waals surface area contributed by atoms with E-state index in [1.807, 2.05) is 0 Å². The lowest BCUT2D eigenvalue weighted by Crippen LogP contribution is -2.34. The van der Waals surface area contributed by atoms with Crippen molar-refractivity contribution in [2.24, 2.45) is 21.5 Å². The highest BCUT2D eigenvalue weighted by Gasteiger charge is 2.28. The Hall–Kier alpha value is -3.83. The molecule has 0 unspecified atom stereocenters. The molecule has 1 aliphatic rings. The van der Waals surface area contributed by atoms with Crippen LogP contribution in [-0.4, -0.2) is 53.1 Å². The van der Waals surface area contributed by atoms with Crippen LogP contribution in [0.4, 0.5) is 13.2 Å². The molecule has 170 valence electrons. The number of carbonyl (C=O) groups excluding carboxylic acids is 1. The number of halogens is 3. The van der Waals surface area contributed by atoms with E-state index in [1.54, 1.807) is 29.7 Å². The molecule has 0 fully saturated rings. The second-order valence-corrected chi connectivity index (χ2v) is 6.93. The number of alkyl halides is 3. The fourth-order valence-corrected chi connectivity index (χ4v) is 3.00. The number of nitrogens with two attached hydrogens (primary N) is 2. The minimum Gasteiger partial charge on any atom is -0.491 e. The maximum Gasteiger partial charge on any atom is 0.408 e. The number of amides is 1. The third-order valence-electron chi connectivity index (χ3n) is 4.35. The van der Waals surface area contributed by atoms with Gasteiger partial charge < -0.3 is 25.5 Å². The van der Waals surface area contributed by atoms with Crippen molar-refractivity contribution in [3.63, 3.8) is 0 Å². The highest BCUT2D eigenvalue weighted by Crippen LogP contribution is 2.35. The highest BCUT2D eigenvalue weighted by molar-refractivity contribution is 6.01. The molecule has 0 radical (unpaired) electrons. The average molecular weight is 450 g/mol. The molecule has 1 aromatic heterocycles. The van der Waals surface area contributed by atoms with Crippen LogP contribution in [-0.2, 0) is 11.3 Å². The van der Waals surface area contributed by atoms with Gasteiger partial charge in [0.1, 0.15) is 36.2 Å². The number of hydrogen-bond acceptors (Lipinski definition) is 5. The first kappa shape index (κ1) is 22.8. The maximum atomic E-state index is 12.6. The quantitative estimate of drug-likeness (QED) is 0.395. The normalized spacial score (nSPS) is 14.8. The van der Waals surface area contributed by atoms with Crippen LogP contribution in [0.2, 0.25) is 0 Å². The number of aromatic nitrogens is 2. The lowest BCUT2D eigenvalue weighted by molar-refractivity contribution is -0.123. The molecule has 2 aromatic rings. The molecule has 1 atom stereocenters. The molecule has 0 aliphatic carbocycles. The van der Waals surface area contributed by atoms with Crippen molar-refractivity contribution in [1.29, 1.82) is 0 Å². The maximum absolute atomic E-state index is 12.6. The summed E-state index contributed by atoms with van der Waals surface area (Å²) in [6, 6.07) is 4.84. The van der Waals surface area contributed by atoms with Crippen LogP contribution in [0.1, 0.15) is 12.6 Å². The molecular formula is C20H21F3N6O3. The summed E-state index contributed by atoms with van der Waals surface area (Å²) in [6.07, 6.45) is -3.11. The SMILES string of the molecule is C=C(C)[C@H](Oc1ccc2c(c1)OCCn1cc(C(N=CN)=NCC(F)(F)F)nc1-2)C(N)=O. The summed E-state index contributed by atoms with van der Waals surface area (Å²) in [5, 5.41) is 0. The second-order valence-electron chi connectivity index (χ2n) is 6.93. The summed E-state index contributed by atoms with van der Waals surface area (Å²) < 4.78 is 50.9. The second kappa shape index (κ2) is 9.12. The fourth-order valence-electron chi connectivity index (χ4n) is 3.00. The van der Waals surface area contributed by atoms with E-state index >= 15 is 0 Å². The zero-order valence-electron chi connectivity index (χ0n) is 17.1. The van der Waals surface area contributed by atoms with E-state index in [0.29, 0.717) is 35.0 Å². The van der Waals surface area contributed by atoms with Gasteiger partial charge in [-0.25, -0.2) is 9.98 Å². The van der Waals surface area contributed by atoms with E-state index in [9.17, 15) is 18.0 Å². The smallest absolute Gasteiger partial charge is 0.408 e. The van der Waals surface area contributed by atoms with Gasteiger partial charge in [-0.1, -0.05) is 6.58 Å². The van der Waals surface area contributed by atoms with Crippen molar-refractivity contribution in [2.45, 2.75) is 25.7 Å². The Labute approximate surface area is 181 Å². The van der Waals surface area contributed by atoms with Gasteiger partial charge in [-0.2, -0.15) is 13.2 Å². The molecule has 1 amide bonds. The molecule has 9 nitrogen and oxygen atoms in total. The summed E-state index contributed by atoms with van der Waals surface area (Å²) >= 11 is 0. The summed E-state index contributed by atoms with van der Waals surface area (Å²) in [4.78, 5) is 23.2. The summed E-state index contributed by atoms with van der Waals surface area (Å²) in [6.45, 7) is 4.54. The minimum absolute atomic E-state index is 0.134. The van der Waals surface area contributed by atoms with Crippen molar-refractivity contribution in [3.05, 3.63) is 42.2 Å². The van der Waals surface area contributed by atoms with Crippen LogP contribution < -0.4 is 20.9 Å². The number of fused-ring (bicyclic) bond motifs is 3. The molecular weight excluding hydrogens is 429 g/mol. The number of hydrogen-bond donors (Lipinski definition) is 2. The van der Waals surface area contributed by atoms with E-state index in [1.165, 1.54) is 6.20 Å². The van der Waals surface area contributed by atoms with Crippen molar-refractivity contribution >= 4 is 18.1 Å². The molecule has 0 bridgehead atoms. The number of primary amides is 1. The Morgan fingerprint density at radius 3 is 2.84 bits per heavy atom. The van der Waals surface area contributed by atoms with Gasteiger partial charge in [0.2, 0.25) is 0 Å². The van der Waals surface area contributed by atoms with Crippen molar-refractivity contribution in [3.8, 4) is 22.9 Å². The van der Waals surface area contributed by atoms with Gasteiger partial charge in [0.05, 0.1) is 18.4 Å². The standard InChI is InChI=1S/C20H21F3N6O3/c1-11(2)16(17(25)30)32-12-3-4-13-15(7-12)31-6-5-29-8-14(28-19(13)29)18(27-10-24)26-9-20(21,22)23/h3-4,7-8,10,16H,1,5-6,9H2,2H3,(H2,25,30)(H2,24,26,27)/t16-/m0/s1. The van der Waals surface area contributed by atoms with Crippen LogP contribution in [0.5, 0.6) is 11.5 Å². The molecule has 32 heavy (non-hydrogen) atoms. The Morgan fingerprint density at radius 2 is 2.22 bits per heavy atom. The Balaban J connectivity index is 1.97. The number of rotatable bonds is 6. The molecule has 1 aliphatic heterocycles. The van der Waals surface area contributed by atoms with Crippen LogP contribution in [0.3, 0.4) is 0 Å². The van der Waals surface area contributed by atoms with Gasteiger partial charge >= 0.3 is 6.18 Å². The molecule has 4 N–H and O–H groups in total. The lowest BCUT2D eigenvalue weighted by Gasteiger charge is -2.17. The van der Waals surface area contributed by atoms with Crippen LogP contribution in [0.25, 0.3) is 11.4 Å². The number of nitrogens with zero attached hydrogens (tertiary/aromatic N) is 4. The van der Waals surface area contributed by atoms with E-state index in [2.05, 4.69) is 21.5 Å². The van der Waals surface area contributed by atoms with Crippen molar-refractivity contribution in [2.75, 3.05) is 13.2 Å². The van der Waals surface area contributed by atoms with E-state index in [4.69, 9.17) is 20.9 Å². The first-order chi connectivity index (χ1) is 15.1. The van der Waals surface area contributed by atoms with Gasteiger partial charge in [0, 0.05) is 12.3 Å². The van der Waals surface area contributed by atoms with Crippen molar-refractivity contribution in [1.82, 2.24) is 9.55 Å². The van der Waals surface area contributed by atoms with Gasteiger partial charge in [0.25, 0.3) is 5.91 Å². The van der Waals surface area contributed by atoms with Gasteiger partial charge in [-0.05, 0) is 24.6 Å².